The first-order valence-corrected chi connectivity index (χ1v) is 7.37. The van der Waals surface area contributed by atoms with Crippen LogP contribution in [0.1, 0.15) is 12.0 Å². The molecule has 1 aliphatic heterocycles. The molecule has 0 aliphatic carbocycles. The summed E-state index contributed by atoms with van der Waals surface area (Å²) < 4.78 is 5.56. The van der Waals surface area contributed by atoms with Gasteiger partial charge in [-0.15, -0.1) is 23.5 Å². The molecule has 0 amide bonds. The van der Waals surface area contributed by atoms with Crippen molar-refractivity contribution in [3.63, 3.8) is 0 Å². The molecule has 0 radical (unpaired) electrons. The van der Waals surface area contributed by atoms with Gasteiger partial charge in [0.2, 0.25) is 0 Å². The number of methoxy groups -OCH3 is 1. The van der Waals surface area contributed by atoms with Crippen molar-refractivity contribution in [2.24, 2.45) is 0 Å². The molecule has 0 bridgehead atoms. The summed E-state index contributed by atoms with van der Waals surface area (Å²) in [5.41, 5.74) is 1.06. The van der Waals surface area contributed by atoms with Crippen molar-refractivity contribution in [1.82, 2.24) is 0 Å². The molecule has 0 saturated carbocycles. The number of hydrogen-bond donors (Lipinski definition) is 0. The van der Waals surface area contributed by atoms with E-state index < -0.39 is 0 Å². The average molecular weight is 250 g/mol. The predicted molar refractivity (Wildman–Crippen MR) is 73.2 cm³/mol. The fourth-order valence-electron chi connectivity index (χ4n) is 1.39. The summed E-state index contributed by atoms with van der Waals surface area (Å²) >= 11 is 3.91. The molecule has 0 spiro atoms. The molecule has 2 rings (SSSR count). The molecule has 84 valence electrons. The lowest BCUT2D eigenvalue weighted by molar-refractivity contribution is 0.415. The first-order chi connectivity index (χ1) is 7.88. The van der Waals surface area contributed by atoms with Gasteiger partial charge in [-0.05, 0) is 42.2 Å². The second kappa shape index (κ2) is 6.12. The summed E-state index contributed by atoms with van der Waals surface area (Å²) in [6.07, 6.45) is 1.32. The highest BCUT2D eigenvalue weighted by Gasteiger charge is 2.10. The molecular formula is C13H14OS2. The van der Waals surface area contributed by atoms with Crippen LogP contribution in [0.4, 0.5) is 0 Å². The van der Waals surface area contributed by atoms with Gasteiger partial charge < -0.3 is 4.74 Å². The van der Waals surface area contributed by atoms with E-state index in [0.29, 0.717) is 4.58 Å². The molecule has 1 fully saturated rings. The maximum atomic E-state index is 5.11. The minimum atomic E-state index is 0.454. The standard InChI is InChI=1S/C13H14OS2/c1-14-12-6-3-11(4-7-12)5-8-13-15-9-2-10-16-13/h3-4,6-7,13H,2,9-10H2,1H3. The van der Waals surface area contributed by atoms with E-state index in [9.17, 15) is 0 Å². The maximum Gasteiger partial charge on any atom is 0.118 e. The van der Waals surface area contributed by atoms with Gasteiger partial charge in [-0.25, -0.2) is 0 Å². The van der Waals surface area contributed by atoms with Crippen LogP contribution in [0.5, 0.6) is 5.75 Å². The van der Waals surface area contributed by atoms with Gasteiger partial charge in [0, 0.05) is 5.56 Å². The van der Waals surface area contributed by atoms with E-state index in [-0.39, 0.29) is 0 Å². The molecule has 0 aromatic heterocycles. The number of hydrogen-bond acceptors (Lipinski definition) is 3. The van der Waals surface area contributed by atoms with Crippen LogP contribution in [0.3, 0.4) is 0 Å². The van der Waals surface area contributed by atoms with Gasteiger partial charge in [-0.3, -0.25) is 0 Å². The van der Waals surface area contributed by atoms with E-state index in [4.69, 9.17) is 4.74 Å². The Kier molecular flexibility index (Phi) is 4.50. The molecule has 16 heavy (non-hydrogen) atoms. The molecule has 1 nitrogen and oxygen atoms in total. The number of thioether (sulfide) groups is 2. The Balaban J connectivity index is 1.99. The van der Waals surface area contributed by atoms with E-state index in [2.05, 4.69) is 11.8 Å². The molecule has 1 aromatic carbocycles. The van der Waals surface area contributed by atoms with Crippen LogP contribution in [0.25, 0.3) is 0 Å². The van der Waals surface area contributed by atoms with Crippen LogP contribution in [0.15, 0.2) is 24.3 Å². The van der Waals surface area contributed by atoms with E-state index >= 15 is 0 Å². The molecule has 0 atom stereocenters. The molecule has 0 unspecified atom stereocenters. The number of ether oxygens (including phenoxy) is 1. The summed E-state index contributed by atoms with van der Waals surface area (Å²) in [5, 5.41) is 0. The topological polar surface area (TPSA) is 9.23 Å². The highest BCUT2D eigenvalue weighted by molar-refractivity contribution is 8.17. The SMILES string of the molecule is COc1ccc(C#CC2SCCCS2)cc1. The molecule has 1 heterocycles. The minimum absolute atomic E-state index is 0.454. The van der Waals surface area contributed by atoms with Crippen molar-refractivity contribution >= 4 is 23.5 Å². The van der Waals surface area contributed by atoms with Crippen molar-refractivity contribution in [3.8, 4) is 17.6 Å². The summed E-state index contributed by atoms with van der Waals surface area (Å²) in [5.74, 6) is 9.90. The van der Waals surface area contributed by atoms with Crippen molar-refractivity contribution in [3.05, 3.63) is 29.8 Å². The Hall–Kier alpha value is -0.720. The van der Waals surface area contributed by atoms with Crippen LogP contribution in [0.2, 0.25) is 0 Å². The lowest BCUT2D eigenvalue weighted by atomic mass is 10.2. The highest BCUT2D eigenvalue weighted by Crippen LogP contribution is 2.29. The second-order valence-corrected chi connectivity index (χ2v) is 6.15. The first-order valence-electron chi connectivity index (χ1n) is 5.27. The molecule has 3 heteroatoms. The molecule has 0 N–H and O–H groups in total. The van der Waals surface area contributed by atoms with Crippen molar-refractivity contribution in [2.45, 2.75) is 11.0 Å². The Morgan fingerprint density at radius 3 is 2.50 bits per heavy atom. The second-order valence-electron chi connectivity index (χ2n) is 3.42. The van der Waals surface area contributed by atoms with Crippen molar-refractivity contribution in [2.75, 3.05) is 18.6 Å². The van der Waals surface area contributed by atoms with E-state index in [1.165, 1.54) is 17.9 Å². The molecule has 1 aromatic rings. The van der Waals surface area contributed by atoms with Crippen molar-refractivity contribution < 1.29 is 4.74 Å². The van der Waals surface area contributed by atoms with E-state index in [1.54, 1.807) is 7.11 Å². The maximum absolute atomic E-state index is 5.11. The fraction of sp³-hybridized carbons (Fsp3) is 0.385. The number of benzene rings is 1. The molecule has 1 saturated heterocycles. The predicted octanol–water partition coefficient (Wildman–Crippen LogP) is 3.24. The monoisotopic (exact) mass is 250 g/mol. The summed E-state index contributed by atoms with van der Waals surface area (Å²) in [7, 11) is 1.68. The zero-order valence-electron chi connectivity index (χ0n) is 9.23. The summed E-state index contributed by atoms with van der Waals surface area (Å²) in [6.45, 7) is 0. The lowest BCUT2D eigenvalue weighted by Gasteiger charge is -2.14. The molecule has 1 aliphatic rings. The lowest BCUT2D eigenvalue weighted by Crippen LogP contribution is -2.03. The van der Waals surface area contributed by atoms with Gasteiger partial charge in [-0.2, -0.15) is 0 Å². The van der Waals surface area contributed by atoms with Gasteiger partial charge in [0.25, 0.3) is 0 Å². The molecular weight excluding hydrogens is 236 g/mol. The van der Waals surface area contributed by atoms with Crippen LogP contribution in [-0.4, -0.2) is 23.2 Å². The van der Waals surface area contributed by atoms with Gasteiger partial charge in [0.05, 0.1) is 7.11 Å². The summed E-state index contributed by atoms with van der Waals surface area (Å²) in [6, 6.07) is 7.91. The van der Waals surface area contributed by atoms with Gasteiger partial charge in [-0.1, -0.05) is 11.8 Å². The van der Waals surface area contributed by atoms with Crippen LogP contribution < -0.4 is 4.74 Å². The zero-order chi connectivity index (χ0) is 11.2. The largest absolute Gasteiger partial charge is 0.497 e. The van der Waals surface area contributed by atoms with Gasteiger partial charge in [0.15, 0.2) is 0 Å². The van der Waals surface area contributed by atoms with Crippen LogP contribution in [-0.2, 0) is 0 Å². The average Bonchev–Trinajstić information content (AvgIpc) is 2.38. The van der Waals surface area contributed by atoms with Gasteiger partial charge >= 0.3 is 0 Å². The third-order valence-electron chi connectivity index (χ3n) is 2.25. The zero-order valence-corrected chi connectivity index (χ0v) is 10.9. The fourth-order valence-corrected chi connectivity index (χ4v) is 3.87. The van der Waals surface area contributed by atoms with Crippen LogP contribution >= 0.6 is 23.5 Å². The number of rotatable bonds is 1. The van der Waals surface area contributed by atoms with E-state index in [0.717, 1.165) is 11.3 Å². The summed E-state index contributed by atoms with van der Waals surface area (Å²) in [4.78, 5) is 0. The Labute approximate surface area is 105 Å². The third kappa shape index (κ3) is 3.40. The Morgan fingerprint density at radius 1 is 1.19 bits per heavy atom. The quantitative estimate of drug-likeness (QED) is 0.708. The highest BCUT2D eigenvalue weighted by atomic mass is 32.2. The van der Waals surface area contributed by atoms with Crippen LogP contribution in [0, 0.1) is 11.8 Å². The first kappa shape index (κ1) is 11.8. The smallest absolute Gasteiger partial charge is 0.118 e. The van der Waals surface area contributed by atoms with Gasteiger partial charge in [0.1, 0.15) is 10.3 Å². The normalized spacial score (nSPS) is 16.3. The third-order valence-corrected chi connectivity index (χ3v) is 4.96. The Bertz CT molecular complexity index is 383. The Morgan fingerprint density at radius 2 is 1.88 bits per heavy atom. The van der Waals surface area contributed by atoms with Crippen molar-refractivity contribution in [1.29, 1.82) is 0 Å². The minimum Gasteiger partial charge on any atom is -0.497 e. The van der Waals surface area contributed by atoms with E-state index in [1.807, 2.05) is 47.8 Å².